The number of hydrogen-bond acceptors (Lipinski definition) is 5. The predicted octanol–water partition coefficient (Wildman–Crippen LogP) is 1.63. The number of hydroxylamine groups is 1. The summed E-state index contributed by atoms with van der Waals surface area (Å²) in [5.74, 6) is 5.07. The zero-order valence-electron chi connectivity index (χ0n) is 12.0. The first-order valence-corrected chi connectivity index (χ1v) is 5.96. The first-order valence-electron chi connectivity index (χ1n) is 5.96. The first-order chi connectivity index (χ1) is 7.64. The summed E-state index contributed by atoms with van der Waals surface area (Å²) in [6.45, 7) is 13.8. The van der Waals surface area contributed by atoms with Gasteiger partial charge >= 0.3 is 0 Å². The molecule has 0 bridgehead atoms. The van der Waals surface area contributed by atoms with Crippen molar-refractivity contribution in [2.24, 2.45) is 11.3 Å². The van der Waals surface area contributed by atoms with Gasteiger partial charge < -0.3 is 9.57 Å². The molecule has 0 spiro atoms. The molecule has 0 amide bonds. The van der Waals surface area contributed by atoms with E-state index in [2.05, 4.69) is 31.1 Å². The van der Waals surface area contributed by atoms with E-state index in [9.17, 15) is 0 Å². The highest BCUT2D eigenvalue weighted by Gasteiger charge is 2.17. The van der Waals surface area contributed by atoms with Crippen molar-refractivity contribution >= 4 is 0 Å². The van der Waals surface area contributed by atoms with Gasteiger partial charge in [-0.2, -0.15) is 5.48 Å². The van der Waals surface area contributed by atoms with Crippen molar-refractivity contribution in [3.8, 4) is 0 Å². The molecule has 1 unspecified atom stereocenters. The van der Waals surface area contributed by atoms with Crippen LogP contribution in [0.5, 0.6) is 0 Å². The molecule has 0 aromatic carbocycles. The second kappa shape index (κ2) is 7.28. The van der Waals surface area contributed by atoms with Crippen molar-refractivity contribution in [3.05, 3.63) is 0 Å². The van der Waals surface area contributed by atoms with E-state index in [1.54, 1.807) is 0 Å². The largest absolute Gasteiger partial charge is 0.373 e. The van der Waals surface area contributed by atoms with Gasteiger partial charge in [0.05, 0.1) is 19.8 Å². The Morgan fingerprint density at radius 3 is 2.06 bits per heavy atom. The molecule has 0 aliphatic heterocycles. The maximum Gasteiger partial charge on any atom is 0.108 e. The highest BCUT2D eigenvalue weighted by Crippen LogP contribution is 2.14. The molecule has 0 aromatic rings. The number of nitrogens with one attached hydrogen (secondary N) is 1. The standard InChI is InChI=1S/C12H28N2O3/c1-11(2,3)9-15-10(7-16-13)8-17-14-12(4,5)6/h10,14H,7-9,13H2,1-6H3. The average molecular weight is 248 g/mol. The minimum atomic E-state index is -0.158. The lowest BCUT2D eigenvalue weighted by molar-refractivity contribution is -0.109. The van der Waals surface area contributed by atoms with Crippen LogP contribution in [0.4, 0.5) is 0 Å². The van der Waals surface area contributed by atoms with Crippen LogP contribution in [0, 0.1) is 5.41 Å². The van der Waals surface area contributed by atoms with Gasteiger partial charge in [-0.3, -0.25) is 4.84 Å². The van der Waals surface area contributed by atoms with Crippen molar-refractivity contribution in [3.63, 3.8) is 0 Å². The van der Waals surface area contributed by atoms with Crippen LogP contribution in [0.1, 0.15) is 41.5 Å². The van der Waals surface area contributed by atoms with E-state index in [4.69, 9.17) is 15.5 Å². The van der Waals surface area contributed by atoms with Crippen LogP contribution in [-0.4, -0.2) is 31.5 Å². The Morgan fingerprint density at radius 1 is 1.06 bits per heavy atom. The van der Waals surface area contributed by atoms with Crippen molar-refractivity contribution in [2.75, 3.05) is 19.8 Å². The first kappa shape index (κ1) is 16.8. The summed E-state index contributed by atoms with van der Waals surface area (Å²) in [6.07, 6.45) is -0.158. The average Bonchev–Trinajstić information content (AvgIpc) is 2.11. The summed E-state index contributed by atoms with van der Waals surface area (Å²) < 4.78 is 5.69. The molecule has 5 heteroatoms. The van der Waals surface area contributed by atoms with Crippen molar-refractivity contribution in [1.29, 1.82) is 0 Å². The molecule has 0 saturated heterocycles. The number of hydrogen-bond donors (Lipinski definition) is 2. The maximum absolute atomic E-state index is 5.69. The van der Waals surface area contributed by atoms with Gasteiger partial charge in [0.1, 0.15) is 6.10 Å². The van der Waals surface area contributed by atoms with Crippen LogP contribution >= 0.6 is 0 Å². The van der Waals surface area contributed by atoms with Gasteiger partial charge in [-0.15, -0.1) is 0 Å². The quantitative estimate of drug-likeness (QED) is 0.670. The van der Waals surface area contributed by atoms with Gasteiger partial charge in [0.15, 0.2) is 0 Å². The number of nitrogens with two attached hydrogens (primary N) is 1. The van der Waals surface area contributed by atoms with E-state index in [1.807, 2.05) is 20.8 Å². The molecule has 17 heavy (non-hydrogen) atoms. The van der Waals surface area contributed by atoms with Gasteiger partial charge in [-0.25, -0.2) is 5.90 Å². The van der Waals surface area contributed by atoms with Crippen LogP contribution in [0.2, 0.25) is 0 Å². The molecule has 5 nitrogen and oxygen atoms in total. The third kappa shape index (κ3) is 12.1. The van der Waals surface area contributed by atoms with Crippen LogP contribution in [0.15, 0.2) is 0 Å². The highest BCUT2D eigenvalue weighted by atomic mass is 16.7. The van der Waals surface area contributed by atoms with E-state index in [1.165, 1.54) is 0 Å². The molecule has 0 saturated carbocycles. The van der Waals surface area contributed by atoms with E-state index in [0.717, 1.165) is 0 Å². The second-order valence-corrected chi connectivity index (χ2v) is 6.49. The minimum absolute atomic E-state index is 0.0852. The fourth-order valence-electron chi connectivity index (χ4n) is 0.971. The Bertz CT molecular complexity index is 197. The van der Waals surface area contributed by atoms with E-state index in [0.29, 0.717) is 19.8 Å². The lowest BCUT2D eigenvalue weighted by Gasteiger charge is -2.25. The van der Waals surface area contributed by atoms with Crippen molar-refractivity contribution < 1.29 is 14.4 Å². The smallest absolute Gasteiger partial charge is 0.108 e. The Labute approximate surface area is 105 Å². The molecule has 0 aliphatic rings. The summed E-state index contributed by atoms with van der Waals surface area (Å²) in [5.41, 5.74) is 2.96. The van der Waals surface area contributed by atoms with E-state index >= 15 is 0 Å². The van der Waals surface area contributed by atoms with Crippen LogP contribution in [0.3, 0.4) is 0 Å². The predicted molar refractivity (Wildman–Crippen MR) is 68.2 cm³/mol. The SMILES string of the molecule is CC(C)(C)COC(CON)CONC(C)(C)C. The van der Waals surface area contributed by atoms with Crippen LogP contribution in [0.25, 0.3) is 0 Å². The Morgan fingerprint density at radius 2 is 1.65 bits per heavy atom. The molecular weight excluding hydrogens is 220 g/mol. The molecule has 0 heterocycles. The zero-order chi connectivity index (χ0) is 13.5. The topological polar surface area (TPSA) is 65.7 Å². The number of rotatable bonds is 7. The summed E-state index contributed by atoms with van der Waals surface area (Å²) in [6, 6.07) is 0. The maximum atomic E-state index is 5.69. The second-order valence-electron chi connectivity index (χ2n) is 6.49. The monoisotopic (exact) mass is 248 g/mol. The third-order valence-corrected chi connectivity index (χ3v) is 1.68. The summed E-state index contributed by atoms with van der Waals surface area (Å²) in [5, 5.41) is 0. The molecule has 104 valence electrons. The summed E-state index contributed by atoms with van der Waals surface area (Å²) in [7, 11) is 0. The van der Waals surface area contributed by atoms with Crippen molar-refractivity contribution in [1.82, 2.24) is 5.48 Å². The third-order valence-electron chi connectivity index (χ3n) is 1.68. The fourth-order valence-corrected chi connectivity index (χ4v) is 0.971. The van der Waals surface area contributed by atoms with Gasteiger partial charge in [0.25, 0.3) is 0 Å². The Balaban J connectivity index is 3.90. The minimum Gasteiger partial charge on any atom is -0.373 e. The summed E-state index contributed by atoms with van der Waals surface area (Å²) in [4.78, 5) is 9.99. The van der Waals surface area contributed by atoms with Crippen LogP contribution in [-0.2, 0) is 14.4 Å². The highest BCUT2D eigenvalue weighted by molar-refractivity contribution is 4.65. The van der Waals surface area contributed by atoms with Gasteiger partial charge in [-0.05, 0) is 26.2 Å². The van der Waals surface area contributed by atoms with Gasteiger partial charge in [0.2, 0.25) is 0 Å². The normalized spacial score (nSPS) is 15.0. The fraction of sp³-hybridized carbons (Fsp3) is 1.00. The lowest BCUT2D eigenvalue weighted by Crippen LogP contribution is -2.40. The van der Waals surface area contributed by atoms with E-state index < -0.39 is 0 Å². The molecule has 0 radical (unpaired) electrons. The molecule has 0 rings (SSSR count). The molecule has 3 N–H and O–H groups in total. The molecule has 0 aromatic heterocycles. The summed E-state index contributed by atoms with van der Waals surface area (Å²) >= 11 is 0. The number of ether oxygens (including phenoxy) is 1. The Hall–Kier alpha value is -0.200. The molecule has 1 atom stereocenters. The zero-order valence-corrected chi connectivity index (χ0v) is 12.0. The van der Waals surface area contributed by atoms with Crippen LogP contribution < -0.4 is 11.4 Å². The van der Waals surface area contributed by atoms with Gasteiger partial charge in [-0.1, -0.05) is 20.8 Å². The molecular formula is C12H28N2O3. The van der Waals surface area contributed by atoms with Crippen molar-refractivity contribution in [2.45, 2.75) is 53.2 Å². The lowest BCUT2D eigenvalue weighted by atomic mass is 9.99. The molecule has 0 fully saturated rings. The van der Waals surface area contributed by atoms with E-state index in [-0.39, 0.29) is 17.1 Å². The Kier molecular flexibility index (Phi) is 7.20. The molecule has 0 aliphatic carbocycles. The van der Waals surface area contributed by atoms with Gasteiger partial charge in [0, 0.05) is 5.54 Å².